The number of quaternary nitrogens is 1. The number of hydrogen-bond donors (Lipinski definition) is 0. The summed E-state index contributed by atoms with van der Waals surface area (Å²) in [7, 11) is 0. The fourth-order valence-corrected chi connectivity index (χ4v) is 5.41. The van der Waals surface area contributed by atoms with E-state index >= 15 is 0 Å². The Labute approximate surface area is 206 Å². The van der Waals surface area contributed by atoms with Crippen molar-refractivity contribution in [1.82, 2.24) is 9.88 Å². The van der Waals surface area contributed by atoms with Crippen LogP contribution in [-0.4, -0.2) is 65.6 Å². The van der Waals surface area contributed by atoms with Gasteiger partial charge in [0.15, 0.2) is 11.5 Å². The fourth-order valence-electron chi connectivity index (χ4n) is 5.41. The number of pyridine rings is 1. The predicted octanol–water partition coefficient (Wildman–Crippen LogP) is 3.86. The maximum atomic E-state index is 13.2. The molecule has 4 heterocycles. The van der Waals surface area contributed by atoms with Gasteiger partial charge in [0.1, 0.15) is 19.6 Å². The molecular formula is C25H27F3N3O5+. The molecule has 1 aromatic carbocycles. The van der Waals surface area contributed by atoms with Gasteiger partial charge in [0, 0.05) is 43.9 Å². The summed E-state index contributed by atoms with van der Waals surface area (Å²) in [5, 5.41) is 0. The molecule has 1 spiro atoms. The van der Waals surface area contributed by atoms with Crippen molar-refractivity contribution < 1.29 is 41.7 Å². The van der Waals surface area contributed by atoms with Crippen LogP contribution < -0.4 is 9.47 Å². The molecule has 11 heteroatoms. The molecular weight excluding hydrogens is 479 g/mol. The van der Waals surface area contributed by atoms with Crippen LogP contribution in [0.1, 0.15) is 41.6 Å². The lowest BCUT2D eigenvalue weighted by atomic mass is 9.71. The van der Waals surface area contributed by atoms with E-state index in [2.05, 4.69) is 4.98 Å². The van der Waals surface area contributed by atoms with Crippen LogP contribution in [-0.2, 0) is 16.2 Å². The van der Waals surface area contributed by atoms with Gasteiger partial charge in [-0.15, -0.1) is 4.65 Å². The Morgan fingerprint density at radius 2 is 1.72 bits per heavy atom. The number of likely N-dealkylation sites (tertiary alicyclic amines) is 2. The molecule has 2 aromatic rings. The Hall–Kier alpha value is -3.34. The van der Waals surface area contributed by atoms with Crippen molar-refractivity contribution in [3.05, 3.63) is 53.9 Å². The third-order valence-electron chi connectivity index (χ3n) is 7.58. The highest BCUT2D eigenvalue weighted by Gasteiger charge is 2.52. The first kappa shape index (κ1) is 24.4. The Morgan fingerprint density at radius 3 is 2.39 bits per heavy atom. The van der Waals surface area contributed by atoms with E-state index < -0.39 is 16.8 Å². The summed E-state index contributed by atoms with van der Waals surface area (Å²) in [6.07, 6.45) is 0.738. The second-order valence-corrected chi connectivity index (χ2v) is 9.72. The Bertz CT molecular complexity index is 1120. The van der Waals surface area contributed by atoms with Crippen LogP contribution in [0.5, 0.6) is 11.5 Å². The summed E-state index contributed by atoms with van der Waals surface area (Å²) in [6.45, 7) is 1.71. The SMILES string of the molecule is O=C(c1ccncc1)N1CCC2(CC1)CC[N+](Cc1cccc3c1OCO3)(OC(=O)C(F)(F)F)CC2. The molecule has 2 saturated heterocycles. The molecule has 1 amide bonds. The number of nitrogens with zero attached hydrogens (tertiary/aromatic N) is 3. The Morgan fingerprint density at radius 1 is 1.03 bits per heavy atom. The first-order valence-electron chi connectivity index (χ1n) is 11.9. The molecule has 8 nitrogen and oxygen atoms in total. The number of carbonyl (C=O) groups is 2. The van der Waals surface area contributed by atoms with E-state index in [-0.39, 0.29) is 37.7 Å². The number of aromatic nitrogens is 1. The third kappa shape index (κ3) is 4.84. The molecule has 0 N–H and O–H groups in total. The van der Waals surface area contributed by atoms with Gasteiger partial charge in [-0.2, -0.15) is 13.2 Å². The van der Waals surface area contributed by atoms with Crippen LogP contribution >= 0.6 is 0 Å². The second kappa shape index (κ2) is 9.27. The minimum atomic E-state index is -5.09. The zero-order valence-corrected chi connectivity index (χ0v) is 19.6. The van der Waals surface area contributed by atoms with Crippen LogP contribution in [0, 0.1) is 5.41 Å². The number of halogens is 3. The van der Waals surface area contributed by atoms with Crippen LogP contribution in [0.15, 0.2) is 42.7 Å². The Kier molecular flexibility index (Phi) is 6.27. The number of fused-ring (bicyclic) bond motifs is 1. The average Bonchev–Trinajstić information content (AvgIpc) is 3.36. The lowest BCUT2D eigenvalue weighted by Gasteiger charge is -2.48. The highest BCUT2D eigenvalue weighted by molar-refractivity contribution is 5.94. The van der Waals surface area contributed by atoms with Gasteiger partial charge in [0.2, 0.25) is 6.79 Å². The number of carbonyl (C=O) groups excluding carboxylic acids is 2. The largest absolute Gasteiger partial charge is 0.497 e. The summed E-state index contributed by atoms with van der Waals surface area (Å²) in [5.74, 6) is -1.25. The molecule has 0 radical (unpaired) electrons. The van der Waals surface area contributed by atoms with Gasteiger partial charge in [-0.3, -0.25) is 14.6 Å². The van der Waals surface area contributed by atoms with E-state index in [1.54, 1.807) is 42.7 Å². The van der Waals surface area contributed by atoms with Gasteiger partial charge in [-0.05, 0) is 42.5 Å². The van der Waals surface area contributed by atoms with Crippen LogP contribution in [0.25, 0.3) is 0 Å². The highest BCUT2D eigenvalue weighted by atomic mass is 19.4. The minimum absolute atomic E-state index is 0.0342. The van der Waals surface area contributed by atoms with Crippen LogP contribution in [0.3, 0.4) is 0 Å². The van der Waals surface area contributed by atoms with Crippen molar-refractivity contribution in [2.75, 3.05) is 33.0 Å². The van der Waals surface area contributed by atoms with E-state index in [9.17, 15) is 22.8 Å². The molecule has 2 fully saturated rings. The second-order valence-electron chi connectivity index (χ2n) is 9.72. The summed E-state index contributed by atoms with van der Waals surface area (Å²) < 4.78 is 50.0. The van der Waals surface area contributed by atoms with E-state index in [4.69, 9.17) is 14.3 Å². The zero-order chi connectivity index (χ0) is 25.4. The number of rotatable bonds is 4. The predicted molar refractivity (Wildman–Crippen MR) is 119 cm³/mol. The molecule has 0 saturated carbocycles. The van der Waals surface area contributed by atoms with Crippen molar-refractivity contribution in [2.45, 2.75) is 38.4 Å². The molecule has 1 aromatic heterocycles. The summed E-state index contributed by atoms with van der Waals surface area (Å²) in [5.41, 5.74) is 1.11. The number of para-hydroxylation sites is 1. The van der Waals surface area contributed by atoms with Crippen molar-refractivity contribution in [1.29, 1.82) is 0 Å². The lowest BCUT2D eigenvalue weighted by Crippen LogP contribution is -2.58. The average molecular weight is 507 g/mol. The first-order chi connectivity index (χ1) is 17.2. The maximum absolute atomic E-state index is 13.2. The number of ether oxygens (including phenoxy) is 2. The summed E-state index contributed by atoms with van der Waals surface area (Å²) >= 11 is 0. The monoisotopic (exact) mass is 506 g/mol. The normalized spacial score (nSPS) is 20.2. The first-order valence-corrected chi connectivity index (χ1v) is 11.9. The van der Waals surface area contributed by atoms with Crippen molar-refractivity contribution >= 4 is 11.9 Å². The number of alkyl halides is 3. The number of amides is 1. The maximum Gasteiger partial charge on any atom is 0.497 e. The van der Waals surface area contributed by atoms with Gasteiger partial charge in [0.25, 0.3) is 5.91 Å². The van der Waals surface area contributed by atoms with Crippen molar-refractivity contribution in [3.8, 4) is 11.5 Å². The number of hydrogen-bond acceptors (Lipinski definition) is 6. The lowest BCUT2D eigenvalue weighted by molar-refractivity contribution is -1.10. The molecule has 36 heavy (non-hydrogen) atoms. The van der Waals surface area contributed by atoms with Gasteiger partial charge in [-0.1, -0.05) is 6.07 Å². The quantitative estimate of drug-likeness (QED) is 0.586. The summed E-state index contributed by atoms with van der Waals surface area (Å²) in [4.78, 5) is 35.6. The standard InChI is InChI=1S/C25H27F3N3O5/c26-25(27,28)23(33)36-31(16-19-2-1-3-20-21(19)35-17-34-20)14-8-24(9-15-31)6-12-30(13-7-24)22(32)18-4-10-29-11-5-18/h1-5,10-11H,6-9,12-17H2/q+1. The smallest absolute Gasteiger partial charge is 0.454 e. The molecule has 0 bridgehead atoms. The van der Waals surface area contributed by atoms with Crippen molar-refractivity contribution in [3.63, 3.8) is 0 Å². The molecule has 0 atom stereocenters. The molecule has 0 aliphatic carbocycles. The molecule has 5 rings (SSSR count). The van der Waals surface area contributed by atoms with E-state index in [1.165, 1.54) is 0 Å². The third-order valence-corrected chi connectivity index (χ3v) is 7.58. The van der Waals surface area contributed by atoms with Gasteiger partial charge >= 0.3 is 12.1 Å². The fraction of sp³-hybridized carbons (Fsp3) is 0.480. The van der Waals surface area contributed by atoms with E-state index in [1.807, 2.05) is 4.90 Å². The summed E-state index contributed by atoms with van der Waals surface area (Å²) in [6, 6.07) is 8.59. The Balaban J connectivity index is 1.29. The molecule has 0 unspecified atom stereocenters. The number of hydroxylamine groups is 3. The van der Waals surface area contributed by atoms with Crippen LogP contribution in [0.2, 0.25) is 0 Å². The van der Waals surface area contributed by atoms with E-state index in [0.717, 1.165) is 12.8 Å². The highest BCUT2D eigenvalue weighted by Crippen LogP contribution is 2.46. The van der Waals surface area contributed by atoms with Gasteiger partial charge in [-0.25, -0.2) is 4.79 Å². The molecule has 3 aliphatic rings. The topological polar surface area (TPSA) is 78.0 Å². The van der Waals surface area contributed by atoms with Crippen molar-refractivity contribution in [2.24, 2.45) is 5.41 Å². The van der Waals surface area contributed by atoms with Crippen LogP contribution in [0.4, 0.5) is 13.2 Å². The molecule has 3 aliphatic heterocycles. The minimum Gasteiger partial charge on any atom is -0.454 e. The zero-order valence-electron chi connectivity index (χ0n) is 19.6. The van der Waals surface area contributed by atoms with Gasteiger partial charge in [0.05, 0.1) is 5.56 Å². The number of benzene rings is 1. The van der Waals surface area contributed by atoms with Gasteiger partial charge < -0.3 is 14.4 Å². The number of piperidine rings is 2. The van der Waals surface area contributed by atoms with E-state index in [0.29, 0.717) is 48.6 Å². The molecule has 192 valence electrons.